The quantitative estimate of drug-likeness (QED) is 0.645. The van der Waals surface area contributed by atoms with Gasteiger partial charge < -0.3 is 5.21 Å². The van der Waals surface area contributed by atoms with E-state index >= 15 is 0 Å². The van der Waals surface area contributed by atoms with Crippen molar-refractivity contribution < 1.29 is 5.21 Å². The lowest BCUT2D eigenvalue weighted by Crippen LogP contribution is -2.15. The molecule has 11 heavy (non-hydrogen) atoms. The summed E-state index contributed by atoms with van der Waals surface area (Å²) >= 11 is 0. The van der Waals surface area contributed by atoms with Crippen molar-refractivity contribution in [2.45, 2.75) is 19.4 Å². The minimum atomic E-state index is 0.0259. The zero-order valence-corrected chi connectivity index (χ0v) is 6.49. The second-order valence-corrected chi connectivity index (χ2v) is 2.37. The zero-order valence-electron chi connectivity index (χ0n) is 6.49. The highest BCUT2D eigenvalue weighted by molar-refractivity contribution is 5.13. The predicted molar refractivity (Wildman–Crippen MR) is 42.2 cm³/mol. The summed E-state index contributed by atoms with van der Waals surface area (Å²) in [6.45, 7) is 2.01. The van der Waals surface area contributed by atoms with E-state index in [9.17, 15) is 0 Å². The normalized spacial score (nSPS) is 12.9. The van der Waals surface area contributed by atoms with Crippen LogP contribution in [0.15, 0.2) is 24.5 Å². The van der Waals surface area contributed by atoms with Crippen LogP contribution in [0.2, 0.25) is 0 Å². The monoisotopic (exact) mass is 152 g/mol. The van der Waals surface area contributed by atoms with Crippen LogP contribution < -0.4 is 5.48 Å². The Morgan fingerprint density at radius 1 is 1.55 bits per heavy atom. The molecule has 0 spiro atoms. The lowest BCUT2D eigenvalue weighted by molar-refractivity contribution is 0.124. The van der Waals surface area contributed by atoms with Crippen molar-refractivity contribution in [2.24, 2.45) is 0 Å². The van der Waals surface area contributed by atoms with Crippen molar-refractivity contribution in [3.05, 3.63) is 30.1 Å². The molecule has 0 amide bonds. The molecule has 1 atom stereocenters. The Balaban J connectivity index is 2.74. The van der Waals surface area contributed by atoms with Gasteiger partial charge in [-0.15, -0.1) is 0 Å². The van der Waals surface area contributed by atoms with Crippen molar-refractivity contribution in [2.75, 3.05) is 0 Å². The Labute approximate surface area is 66.0 Å². The van der Waals surface area contributed by atoms with Gasteiger partial charge in [-0.05, 0) is 24.1 Å². The van der Waals surface area contributed by atoms with Crippen LogP contribution in [0, 0.1) is 0 Å². The highest BCUT2D eigenvalue weighted by Crippen LogP contribution is 2.13. The number of hydrogen-bond acceptors (Lipinski definition) is 3. The van der Waals surface area contributed by atoms with Crippen LogP contribution in [-0.2, 0) is 0 Å². The van der Waals surface area contributed by atoms with Crippen LogP contribution in [0.1, 0.15) is 24.9 Å². The van der Waals surface area contributed by atoms with E-state index in [1.807, 2.05) is 19.1 Å². The maximum Gasteiger partial charge on any atom is 0.0567 e. The average molecular weight is 152 g/mol. The maximum absolute atomic E-state index is 8.71. The summed E-state index contributed by atoms with van der Waals surface area (Å²) in [6, 6.07) is 3.80. The first-order chi connectivity index (χ1) is 5.38. The smallest absolute Gasteiger partial charge is 0.0567 e. The summed E-state index contributed by atoms with van der Waals surface area (Å²) in [6.07, 6.45) is 4.30. The molecule has 0 radical (unpaired) electrons. The Morgan fingerprint density at radius 3 is 2.64 bits per heavy atom. The largest absolute Gasteiger partial charge is 0.316 e. The molecule has 0 aromatic carbocycles. The molecule has 60 valence electrons. The number of hydrogen-bond donors (Lipinski definition) is 2. The van der Waals surface area contributed by atoms with Crippen molar-refractivity contribution in [1.29, 1.82) is 0 Å². The van der Waals surface area contributed by atoms with Crippen molar-refractivity contribution in [1.82, 2.24) is 10.5 Å². The molecule has 0 aliphatic rings. The number of rotatable bonds is 3. The summed E-state index contributed by atoms with van der Waals surface area (Å²) in [5, 5.41) is 8.71. The molecule has 1 aromatic rings. The topological polar surface area (TPSA) is 45.1 Å². The van der Waals surface area contributed by atoms with E-state index in [4.69, 9.17) is 5.21 Å². The highest BCUT2D eigenvalue weighted by Gasteiger charge is 2.05. The van der Waals surface area contributed by atoms with Crippen LogP contribution in [0.3, 0.4) is 0 Å². The van der Waals surface area contributed by atoms with Crippen LogP contribution in [-0.4, -0.2) is 10.2 Å². The standard InChI is InChI=1S/C8H12N2O/c1-2-8(10-11)7-3-5-9-6-4-7/h3-6,8,10-11H,2H2,1H3/t8-/m0/s1. The van der Waals surface area contributed by atoms with E-state index in [0.29, 0.717) is 0 Å². The molecule has 0 bridgehead atoms. The molecule has 1 aromatic heterocycles. The van der Waals surface area contributed by atoms with E-state index in [1.165, 1.54) is 0 Å². The van der Waals surface area contributed by atoms with Gasteiger partial charge in [0.2, 0.25) is 0 Å². The Bertz CT molecular complexity index is 197. The van der Waals surface area contributed by atoms with Crippen LogP contribution in [0.25, 0.3) is 0 Å². The molecule has 1 rings (SSSR count). The van der Waals surface area contributed by atoms with Gasteiger partial charge in [0.05, 0.1) is 6.04 Å². The lowest BCUT2D eigenvalue weighted by atomic mass is 10.1. The molecule has 0 saturated carbocycles. The van der Waals surface area contributed by atoms with Crippen molar-refractivity contribution in [3.8, 4) is 0 Å². The van der Waals surface area contributed by atoms with Gasteiger partial charge in [-0.1, -0.05) is 6.92 Å². The molecule has 0 unspecified atom stereocenters. The third-order valence-corrected chi connectivity index (χ3v) is 1.67. The maximum atomic E-state index is 8.71. The highest BCUT2D eigenvalue weighted by atomic mass is 16.5. The molecule has 0 fully saturated rings. The molecule has 0 saturated heterocycles. The van der Waals surface area contributed by atoms with E-state index in [1.54, 1.807) is 12.4 Å². The van der Waals surface area contributed by atoms with Crippen molar-refractivity contribution in [3.63, 3.8) is 0 Å². The zero-order chi connectivity index (χ0) is 8.10. The third-order valence-electron chi connectivity index (χ3n) is 1.67. The molecule has 3 heteroatoms. The number of nitrogens with one attached hydrogen (secondary N) is 1. The van der Waals surface area contributed by atoms with Gasteiger partial charge in [0.25, 0.3) is 0 Å². The van der Waals surface area contributed by atoms with Gasteiger partial charge in [-0.3, -0.25) is 4.98 Å². The fourth-order valence-corrected chi connectivity index (χ4v) is 0.997. The molecule has 0 aliphatic carbocycles. The van der Waals surface area contributed by atoms with E-state index in [2.05, 4.69) is 10.5 Å². The molecule has 2 N–H and O–H groups in total. The average Bonchev–Trinajstić information content (AvgIpc) is 2.09. The van der Waals surface area contributed by atoms with Gasteiger partial charge >= 0.3 is 0 Å². The number of aromatic nitrogens is 1. The van der Waals surface area contributed by atoms with E-state index in [0.717, 1.165) is 12.0 Å². The minimum absolute atomic E-state index is 0.0259. The second kappa shape index (κ2) is 4.05. The van der Waals surface area contributed by atoms with Crippen molar-refractivity contribution >= 4 is 0 Å². The number of nitrogens with zero attached hydrogens (tertiary/aromatic N) is 1. The van der Waals surface area contributed by atoms with Crippen LogP contribution in [0.4, 0.5) is 0 Å². The Morgan fingerprint density at radius 2 is 2.18 bits per heavy atom. The first kappa shape index (κ1) is 8.17. The minimum Gasteiger partial charge on any atom is -0.316 e. The molecule has 0 aliphatic heterocycles. The molecular formula is C8H12N2O. The van der Waals surface area contributed by atoms with Gasteiger partial charge in [0, 0.05) is 12.4 Å². The summed E-state index contributed by atoms with van der Waals surface area (Å²) < 4.78 is 0. The van der Waals surface area contributed by atoms with E-state index < -0.39 is 0 Å². The second-order valence-electron chi connectivity index (χ2n) is 2.37. The number of hydroxylamine groups is 1. The Kier molecular flexibility index (Phi) is 3.01. The molecule has 1 heterocycles. The SMILES string of the molecule is CC[C@H](NO)c1ccncc1. The number of pyridine rings is 1. The molecule has 3 nitrogen and oxygen atoms in total. The van der Waals surface area contributed by atoms with Gasteiger partial charge in [-0.2, -0.15) is 5.48 Å². The summed E-state index contributed by atoms with van der Waals surface area (Å²) in [5.41, 5.74) is 3.30. The molecular weight excluding hydrogens is 140 g/mol. The first-order valence-electron chi connectivity index (χ1n) is 3.68. The van der Waals surface area contributed by atoms with Gasteiger partial charge in [0.1, 0.15) is 0 Å². The van der Waals surface area contributed by atoms with Crippen LogP contribution >= 0.6 is 0 Å². The Hall–Kier alpha value is -0.930. The fourth-order valence-electron chi connectivity index (χ4n) is 0.997. The van der Waals surface area contributed by atoms with Gasteiger partial charge in [-0.25, -0.2) is 0 Å². The van der Waals surface area contributed by atoms with Gasteiger partial charge in [0.15, 0.2) is 0 Å². The van der Waals surface area contributed by atoms with E-state index in [-0.39, 0.29) is 6.04 Å². The lowest BCUT2D eigenvalue weighted by Gasteiger charge is -2.11. The predicted octanol–water partition coefficient (Wildman–Crippen LogP) is 1.51. The third kappa shape index (κ3) is 2.00. The summed E-state index contributed by atoms with van der Waals surface area (Å²) in [4.78, 5) is 3.89. The first-order valence-corrected chi connectivity index (χ1v) is 3.68. The summed E-state index contributed by atoms with van der Waals surface area (Å²) in [5.74, 6) is 0. The summed E-state index contributed by atoms with van der Waals surface area (Å²) in [7, 11) is 0. The fraction of sp³-hybridized carbons (Fsp3) is 0.375. The van der Waals surface area contributed by atoms with Crippen LogP contribution in [0.5, 0.6) is 0 Å².